The van der Waals surface area contributed by atoms with Crippen molar-refractivity contribution in [1.29, 1.82) is 0 Å². The van der Waals surface area contributed by atoms with E-state index in [2.05, 4.69) is 15.5 Å². The molecular formula is C19H17ClN4O2S2. The zero-order valence-electron chi connectivity index (χ0n) is 15.0. The molecular weight excluding hydrogens is 416 g/mol. The highest BCUT2D eigenvalue weighted by Gasteiger charge is 2.34. The molecule has 3 heterocycles. The minimum Gasteiger partial charge on any atom is -0.312 e. The van der Waals surface area contributed by atoms with Crippen LogP contribution in [-0.4, -0.2) is 28.6 Å². The predicted molar refractivity (Wildman–Crippen MR) is 112 cm³/mol. The zero-order chi connectivity index (χ0) is 19.7. The Bertz CT molecular complexity index is 1020. The van der Waals surface area contributed by atoms with Crippen molar-refractivity contribution in [3.05, 3.63) is 56.2 Å². The second kappa shape index (κ2) is 7.98. The fourth-order valence-corrected chi connectivity index (χ4v) is 4.79. The summed E-state index contributed by atoms with van der Waals surface area (Å²) in [6.07, 6.45) is 0.680. The van der Waals surface area contributed by atoms with Crippen LogP contribution in [0.5, 0.6) is 0 Å². The van der Waals surface area contributed by atoms with Gasteiger partial charge < -0.3 is 10.2 Å². The number of nitrogens with zero attached hydrogens (tertiary/aromatic N) is 3. The highest BCUT2D eigenvalue weighted by atomic mass is 35.5. The maximum Gasteiger partial charge on any atom is 0.231 e. The Labute approximate surface area is 175 Å². The molecule has 1 atom stereocenters. The Morgan fingerprint density at radius 3 is 2.96 bits per heavy atom. The van der Waals surface area contributed by atoms with Crippen LogP contribution in [0.25, 0.3) is 0 Å². The first-order valence-electron chi connectivity index (χ1n) is 8.72. The number of rotatable bonds is 5. The molecule has 0 bridgehead atoms. The van der Waals surface area contributed by atoms with Crippen LogP contribution < -0.4 is 10.2 Å². The van der Waals surface area contributed by atoms with E-state index >= 15 is 0 Å². The first kappa shape index (κ1) is 19.0. The molecule has 28 heavy (non-hydrogen) atoms. The molecule has 1 aliphatic heterocycles. The molecule has 0 aliphatic carbocycles. The molecule has 1 aromatic carbocycles. The molecule has 0 radical (unpaired) electrons. The molecule has 1 fully saturated rings. The molecule has 1 N–H and O–H groups in total. The Balaban J connectivity index is 1.42. The lowest BCUT2D eigenvalue weighted by Crippen LogP contribution is -2.24. The van der Waals surface area contributed by atoms with Crippen LogP contribution in [0.4, 0.5) is 10.8 Å². The number of thiophene rings is 1. The number of carbonyl (C=O) groups is 2. The predicted octanol–water partition coefficient (Wildman–Crippen LogP) is 4.26. The number of benzene rings is 1. The summed E-state index contributed by atoms with van der Waals surface area (Å²) in [6, 6.07) is 9.46. The molecule has 4 rings (SSSR count). The standard InChI is InChI=1S/C19H17ClN4O2S2/c1-11-4-5-13(8-15(11)20)24-10-12(7-17(24)26)18-22-23-19(28-18)21-16(25)9-14-3-2-6-27-14/h2-6,8,12H,7,9-10H2,1H3,(H,21,23,25). The number of hydrogen-bond donors (Lipinski definition) is 1. The molecule has 1 saturated heterocycles. The van der Waals surface area contributed by atoms with E-state index in [-0.39, 0.29) is 17.7 Å². The van der Waals surface area contributed by atoms with Crippen molar-refractivity contribution in [3.8, 4) is 0 Å². The summed E-state index contributed by atoms with van der Waals surface area (Å²) >= 11 is 9.06. The average molecular weight is 433 g/mol. The van der Waals surface area contributed by atoms with Crippen molar-refractivity contribution in [2.24, 2.45) is 0 Å². The van der Waals surface area contributed by atoms with Gasteiger partial charge in [-0.05, 0) is 36.1 Å². The monoisotopic (exact) mass is 432 g/mol. The smallest absolute Gasteiger partial charge is 0.231 e. The molecule has 2 amide bonds. The third-order valence-corrected chi connectivity index (χ3v) is 6.83. The lowest BCUT2D eigenvalue weighted by Gasteiger charge is -2.17. The van der Waals surface area contributed by atoms with Crippen LogP contribution in [0.15, 0.2) is 35.7 Å². The molecule has 1 unspecified atom stereocenters. The molecule has 144 valence electrons. The maximum absolute atomic E-state index is 12.5. The van der Waals surface area contributed by atoms with Gasteiger partial charge in [-0.2, -0.15) is 0 Å². The maximum atomic E-state index is 12.5. The van der Waals surface area contributed by atoms with Gasteiger partial charge in [0.25, 0.3) is 0 Å². The van der Waals surface area contributed by atoms with E-state index in [1.807, 2.05) is 42.6 Å². The fraction of sp³-hybridized carbons (Fsp3) is 0.263. The van der Waals surface area contributed by atoms with Gasteiger partial charge in [0.1, 0.15) is 5.01 Å². The first-order chi connectivity index (χ1) is 13.5. The minimum atomic E-state index is -0.122. The number of anilines is 2. The second-order valence-electron chi connectivity index (χ2n) is 6.59. The Morgan fingerprint density at radius 2 is 2.21 bits per heavy atom. The van der Waals surface area contributed by atoms with Crippen molar-refractivity contribution >= 4 is 56.9 Å². The van der Waals surface area contributed by atoms with Crippen molar-refractivity contribution in [2.45, 2.75) is 25.7 Å². The molecule has 3 aromatic rings. The van der Waals surface area contributed by atoms with Gasteiger partial charge in [0.2, 0.25) is 16.9 Å². The van der Waals surface area contributed by atoms with Crippen LogP contribution in [-0.2, 0) is 16.0 Å². The summed E-state index contributed by atoms with van der Waals surface area (Å²) < 4.78 is 0. The van der Waals surface area contributed by atoms with Crippen molar-refractivity contribution in [3.63, 3.8) is 0 Å². The number of aryl methyl sites for hydroxylation is 1. The highest BCUT2D eigenvalue weighted by molar-refractivity contribution is 7.15. The summed E-state index contributed by atoms with van der Waals surface area (Å²) in [6.45, 7) is 2.45. The second-order valence-corrected chi connectivity index (χ2v) is 9.04. The Kier molecular flexibility index (Phi) is 5.43. The normalized spacial score (nSPS) is 16.6. The largest absolute Gasteiger partial charge is 0.312 e. The van der Waals surface area contributed by atoms with Gasteiger partial charge in [0, 0.05) is 34.5 Å². The number of carbonyl (C=O) groups excluding carboxylic acids is 2. The Hall–Kier alpha value is -2.29. The molecule has 2 aromatic heterocycles. The van der Waals surface area contributed by atoms with Gasteiger partial charge in [0.15, 0.2) is 0 Å². The number of aromatic nitrogens is 2. The van der Waals surface area contributed by atoms with E-state index in [9.17, 15) is 9.59 Å². The minimum absolute atomic E-state index is 0.0309. The lowest BCUT2D eigenvalue weighted by molar-refractivity contribution is -0.117. The van der Waals surface area contributed by atoms with Crippen molar-refractivity contribution in [1.82, 2.24) is 10.2 Å². The molecule has 9 heteroatoms. The summed E-state index contributed by atoms with van der Waals surface area (Å²) in [7, 11) is 0. The summed E-state index contributed by atoms with van der Waals surface area (Å²) in [5.74, 6) is -0.139. The lowest BCUT2D eigenvalue weighted by atomic mass is 10.1. The number of hydrogen-bond acceptors (Lipinski definition) is 6. The van der Waals surface area contributed by atoms with Crippen LogP contribution in [0, 0.1) is 6.92 Å². The highest BCUT2D eigenvalue weighted by Crippen LogP contribution is 2.35. The average Bonchev–Trinajstić information content (AvgIpc) is 3.39. The van der Waals surface area contributed by atoms with Crippen LogP contribution in [0.2, 0.25) is 5.02 Å². The van der Waals surface area contributed by atoms with E-state index in [1.54, 1.807) is 16.2 Å². The van der Waals surface area contributed by atoms with Gasteiger partial charge in [-0.15, -0.1) is 21.5 Å². The van der Waals surface area contributed by atoms with Crippen molar-refractivity contribution in [2.75, 3.05) is 16.8 Å². The number of nitrogens with one attached hydrogen (secondary N) is 1. The molecule has 6 nitrogen and oxygen atoms in total. The molecule has 0 spiro atoms. The van der Waals surface area contributed by atoms with Crippen LogP contribution in [0.1, 0.15) is 27.8 Å². The summed E-state index contributed by atoms with van der Waals surface area (Å²) in [4.78, 5) is 27.3. The quantitative estimate of drug-likeness (QED) is 0.653. The third kappa shape index (κ3) is 4.09. The van der Waals surface area contributed by atoms with Gasteiger partial charge >= 0.3 is 0 Å². The SMILES string of the molecule is Cc1ccc(N2CC(c3nnc(NC(=O)Cc4cccs4)s3)CC2=O)cc1Cl. The number of halogens is 1. The van der Waals surface area contributed by atoms with E-state index in [1.165, 1.54) is 11.3 Å². The van der Waals surface area contributed by atoms with Crippen molar-refractivity contribution < 1.29 is 9.59 Å². The zero-order valence-corrected chi connectivity index (χ0v) is 17.4. The van der Waals surface area contributed by atoms with Crippen LogP contribution >= 0.6 is 34.3 Å². The van der Waals surface area contributed by atoms with E-state index in [0.717, 1.165) is 21.1 Å². The summed E-state index contributed by atoms with van der Waals surface area (Å²) in [5, 5.41) is 14.8. The van der Waals surface area contributed by atoms with Gasteiger partial charge in [-0.3, -0.25) is 9.59 Å². The number of amides is 2. The Morgan fingerprint density at radius 1 is 1.36 bits per heavy atom. The van der Waals surface area contributed by atoms with E-state index in [4.69, 9.17) is 11.6 Å². The summed E-state index contributed by atoms with van der Waals surface area (Å²) in [5.41, 5.74) is 1.76. The van der Waals surface area contributed by atoms with Gasteiger partial charge in [-0.25, -0.2) is 0 Å². The molecule has 0 saturated carbocycles. The van der Waals surface area contributed by atoms with Crippen LogP contribution in [0.3, 0.4) is 0 Å². The van der Waals surface area contributed by atoms with E-state index < -0.39 is 0 Å². The molecule has 1 aliphatic rings. The van der Waals surface area contributed by atoms with E-state index in [0.29, 0.717) is 29.5 Å². The third-order valence-electron chi connectivity index (χ3n) is 4.54. The van der Waals surface area contributed by atoms with Gasteiger partial charge in [-0.1, -0.05) is 35.1 Å². The fourth-order valence-electron chi connectivity index (χ4n) is 3.06. The topological polar surface area (TPSA) is 75.2 Å². The first-order valence-corrected chi connectivity index (χ1v) is 10.8. The van der Waals surface area contributed by atoms with Gasteiger partial charge in [0.05, 0.1) is 6.42 Å².